The van der Waals surface area contributed by atoms with Crippen LogP contribution in [0.1, 0.15) is 25.7 Å². The molecule has 1 atom stereocenters. The smallest absolute Gasteiger partial charge is 0.279 e. The average Bonchev–Trinajstić information content (AvgIpc) is 2.88. The Hall–Kier alpha value is -0.250. The molecule has 1 unspecified atom stereocenters. The van der Waals surface area contributed by atoms with Gasteiger partial charge in [0.2, 0.25) is 0 Å². The molecule has 20 heavy (non-hydrogen) atoms. The van der Waals surface area contributed by atoms with E-state index in [0.717, 1.165) is 19.4 Å². The van der Waals surface area contributed by atoms with Crippen molar-refractivity contribution in [3.05, 3.63) is 0 Å². The van der Waals surface area contributed by atoms with Crippen molar-refractivity contribution in [1.29, 1.82) is 0 Å². The lowest BCUT2D eigenvalue weighted by atomic mass is 10.1. The highest BCUT2D eigenvalue weighted by Gasteiger charge is 2.42. The van der Waals surface area contributed by atoms with E-state index < -0.39 is 16.0 Å². The fourth-order valence-corrected chi connectivity index (χ4v) is 4.53. The quantitative estimate of drug-likeness (QED) is 0.729. The number of rotatable bonds is 3. The second-order valence-electron chi connectivity index (χ2n) is 5.67. The van der Waals surface area contributed by atoms with E-state index in [9.17, 15) is 8.42 Å². The molecule has 3 saturated heterocycles. The van der Waals surface area contributed by atoms with Gasteiger partial charge >= 0.3 is 0 Å². The van der Waals surface area contributed by atoms with Gasteiger partial charge in [-0.2, -0.15) is 17.4 Å². The number of nitrogens with one attached hydrogen (secondary N) is 2. The average molecular weight is 305 g/mol. The molecular weight excluding hydrogens is 282 g/mol. The minimum absolute atomic E-state index is 0.00335. The Bertz CT molecular complexity index is 420. The molecular formula is C12H23N3O4S. The summed E-state index contributed by atoms with van der Waals surface area (Å²) in [5.41, 5.74) is 0. The van der Waals surface area contributed by atoms with Crippen molar-refractivity contribution in [2.24, 2.45) is 0 Å². The molecule has 3 rings (SSSR count). The molecule has 0 aromatic heterocycles. The molecule has 8 heteroatoms. The normalized spacial score (nSPS) is 31.7. The lowest BCUT2D eigenvalue weighted by Gasteiger charge is -2.37. The van der Waals surface area contributed by atoms with Gasteiger partial charge in [0.15, 0.2) is 5.79 Å². The number of nitrogens with zero attached hydrogens (tertiary/aromatic N) is 1. The monoisotopic (exact) mass is 305 g/mol. The third-order valence-corrected chi connectivity index (χ3v) is 5.93. The molecule has 0 aromatic rings. The molecule has 3 aliphatic rings. The molecule has 7 nitrogen and oxygen atoms in total. The Morgan fingerprint density at radius 3 is 2.50 bits per heavy atom. The molecule has 3 aliphatic heterocycles. The fourth-order valence-electron chi connectivity index (χ4n) is 3.09. The summed E-state index contributed by atoms with van der Waals surface area (Å²) in [7, 11) is -3.40. The van der Waals surface area contributed by atoms with Crippen LogP contribution in [0.2, 0.25) is 0 Å². The highest BCUT2D eigenvalue weighted by Crippen LogP contribution is 2.31. The van der Waals surface area contributed by atoms with Crippen LogP contribution < -0.4 is 10.0 Å². The molecule has 0 aliphatic carbocycles. The summed E-state index contributed by atoms with van der Waals surface area (Å²) in [5, 5.41) is 3.21. The maximum atomic E-state index is 12.4. The van der Waals surface area contributed by atoms with Crippen LogP contribution in [-0.4, -0.2) is 63.9 Å². The minimum atomic E-state index is -3.40. The van der Waals surface area contributed by atoms with E-state index in [0.29, 0.717) is 45.7 Å². The molecule has 2 N–H and O–H groups in total. The van der Waals surface area contributed by atoms with Crippen LogP contribution in [0.5, 0.6) is 0 Å². The van der Waals surface area contributed by atoms with Crippen LogP contribution in [-0.2, 0) is 19.7 Å². The topological polar surface area (TPSA) is 79.9 Å². The van der Waals surface area contributed by atoms with Crippen LogP contribution in [0.15, 0.2) is 0 Å². The maximum Gasteiger partial charge on any atom is 0.279 e. The Balaban J connectivity index is 1.55. The zero-order valence-electron chi connectivity index (χ0n) is 11.6. The zero-order chi connectivity index (χ0) is 14.1. The molecule has 0 amide bonds. The van der Waals surface area contributed by atoms with Crippen molar-refractivity contribution in [2.75, 3.05) is 39.4 Å². The standard InChI is InChI=1S/C12H23N3O4S/c16-20(17,14-11-2-1-5-13-10-11)15-6-3-12(4-7-15)18-8-9-19-12/h11,13-14H,1-10H2. The van der Waals surface area contributed by atoms with Crippen LogP contribution >= 0.6 is 0 Å². The summed E-state index contributed by atoms with van der Waals surface area (Å²) in [6.45, 7) is 3.81. The number of hydrogen-bond acceptors (Lipinski definition) is 5. The molecule has 0 aromatic carbocycles. The minimum Gasteiger partial charge on any atom is -0.347 e. The Morgan fingerprint density at radius 1 is 1.20 bits per heavy atom. The van der Waals surface area contributed by atoms with Gasteiger partial charge in [0, 0.05) is 38.5 Å². The van der Waals surface area contributed by atoms with Gasteiger partial charge in [0.1, 0.15) is 0 Å². The van der Waals surface area contributed by atoms with Crippen molar-refractivity contribution in [1.82, 2.24) is 14.3 Å². The summed E-state index contributed by atoms with van der Waals surface area (Å²) in [6.07, 6.45) is 3.13. The SMILES string of the molecule is O=S(=O)(NC1CCCNC1)N1CCC2(CC1)OCCO2. The largest absolute Gasteiger partial charge is 0.347 e. The van der Waals surface area contributed by atoms with Gasteiger partial charge in [-0.05, 0) is 19.4 Å². The van der Waals surface area contributed by atoms with Crippen LogP contribution in [0.3, 0.4) is 0 Å². The Kier molecular flexibility index (Phi) is 4.30. The summed E-state index contributed by atoms with van der Waals surface area (Å²) < 4.78 is 40.3. The summed E-state index contributed by atoms with van der Waals surface area (Å²) >= 11 is 0. The van der Waals surface area contributed by atoms with Crippen molar-refractivity contribution in [2.45, 2.75) is 37.5 Å². The van der Waals surface area contributed by atoms with Crippen molar-refractivity contribution < 1.29 is 17.9 Å². The van der Waals surface area contributed by atoms with Gasteiger partial charge in [-0.15, -0.1) is 0 Å². The molecule has 3 fully saturated rings. The van der Waals surface area contributed by atoms with Crippen molar-refractivity contribution in [3.8, 4) is 0 Å². The fraction of sp³-hybridized carbons (Fsp3) is 1.00. The van der Waals surface area contributed by atoms with Crippen LogP contribution in [0.25, 0.3) is 0 Å². The first kappa shape index (κ1) is 14.7. The van der Waals surface area contributed by atoms with Crippen LogP contribution in [0, 0.1) is 0 Å². The van der Waals surface area contributed by atoms with E-state index in [-0.39, 0.29) is 6.04 Å². The molecule has 0 bridgehead atoms. The molecule has 0 radical (unpaired) electrons. The second-order valence-corrected chi connectivity index (χ2v) is 7.38. The lowest BCUT2D eigenvalue weighted by molar-refractivity contribution is -0.179. The lowest BCUT2D eigenvalue weighted by Crippen LogP contribution is -2.54. The third-order valence-electron chi connectivity index (χ3n) is 4.25. The van der Waals surface area contributed by atoms with Crippen LogP contribution in [0.4, 0.5) is 0 Å². The summed E-state index contributed by atoms with van der Waals surface area (Å²) in [6, 6.07) is 0.00335. The van der Waals surface area contributed by atoms with Gasteiger partial charge in [-0.3, -0.25) is 0 Å². The van der Waals surface area contributed by atoms with E-state index in [2.05, 4.69) is 10.0 Å². The molecule has 116 valence electrons. The van der Waals surface area contributed by atoms with Gasteiger partial charge in [0.05, 0.1) is 13.2 Å². The Labute approximate surface area is 120 Å². The summed E-state index contributed by atoms with van der Waals surface area (Å²) in [4.78, 5) is 0. The number of hydrogen-bond donors (Lipinski definition) is 2. The third kappa shape index (κ3) is 3.15. The number of piperidine rings is 2. The first-order chi connectivity index (χ1) is 9.60. The van der Waals surface area contributed by atoms with E-state index >= 15 is 0 Å². The predicted molar refractivity (Wildman–Crippen MR) is 73.4 cm³/mol. The summed E-state index contributed by atoms with van der Waals surface area (Å²) in [5.74, 6) is -0.529. The first-order valence-electron chi connectivity index (χ1n) is 7.36. The predicted octanol–water partition coefficient (Wildman–Crippen LogP) is -0.588. The van der Waals surface area contributed by atoms with E-state index in [1.807, 2.05) is 0 Å². The van der Waals surface area contributed by atoms with E-state index in [1.54, 1.807) is 0 Å². The Morgan fingerprint density at radius 2 is 1.90 bits per heavy atom. The van der Waals surface area contributed by atoms with Gasteiger partial charge in [-0.1, -0.05) is 0 Å². The van der Waals surface area contributed by atoms with Gasteiger partial charge in [-0.25, -0.2) is 0 Å². The maximum absolute atomic E-state index is 12.4. The molecule has 1 spiro atoms. The zero-order valence-corrected chi connectivity index (χ0v) is 12.5. The molecule has 0 saturated carbocycles. The highest BCUT2D eigenvalue weighted by molar-refractivity contribution is 7.87. The van der Waals surface area contributed by atoms with Gasteiger partial charge in [0.25, 0.3) is 10.2 Å². The number of ether oxygens (including phenoxy) is 2. The van der Waals surface area contributed by atoms with Gasteiger partial charge < -0.3 is 14.8 Å². The van der Waals surface area contributed by atoms with E-state index in [4.69, 9.17) is 9.47 Å². The second kappa shape index (κ2) is 5.86. The molecule has 3 heterocycles. The highest BCUT2D eigenvalue weighted by atomic mass is 32.2. The van der Waals surface area contributed by atoms with Crippen molar-refractivity contribution in [3.63, 3.8) is 0 Å². The van der Waals surface area contributed by atoms with E-state index in [1.165, 1.54) is 4.31 Å². The van der Waals surface area contributed by atoms with Crippen molar-refractivity contribution >= 4 is 10.2 Å². The first-order valence-corrected chi connectivity index (χ1v) is 8.80.